The van der Waals surface area contributed by atoms with Crippen molar-refractivity contribution in [2.45, 2.75) is 38.7 Å². The van der Waals surface area contributed by atoms with Gasteiger partial charge in [0.2, 0.25) is 0 Å². The van der Waals surface area contributed by atoms with Crippen molar-refractivity contribution in [3.05, 3.63) is 70.8 Å². The van der Waals surface area contributed by atoms with E-state index in [1.165, 1.54) is 11.1 Å². The minimum Gasteiger partial charge on any atom is -0.384 e. The molecular formula is C23H29NO2. The molecule has 0 radical (unpaired) electrons. The molecule has 0 bridgehead atoms. The first kappa shape index (κ1) is 18.8. The van der Waals surface area contributed by atoms with E-state index in [0.29, 0.717) is 18.5 Å². The third kappa shape index (κ3) is 3.60. The van der Waals surface area contributed by atoms with Gasteiger partial charge < -0.3 is 10.0 Å². The van der Waals surface area contributed by atoms with Crippen molar-refractivity contribution in [1.29, 1.82) is 0 Å². The number of nitrogens with zero attached hydrogens (tertiary/aromatic N) is 1. The SMILES string of the molecule is CCc1ccc(C(=O)[C@@H]2CN(C)CC[C@@]2(O)c2ccc(CC)cc2)cc1. The number of aryl methyl sites for hydroxylation is 2. The zero-order valence-corrected chi connectivity index (χ0v) is 16.0. The average Bonchev–Trinajstić information content (AvgIpc) is 2.69. The third-order valence-electron chi connectivity index (χ3n) is 5.77. The molecule has 0 unspecified atom stereocenters. The summed E-state index contributed by atoms with van der Waals surface area (Å²) in [6.07, 6.45) is 2.49. The van der Waals surface area contributed by atoms with Crippen molar-refractivity contribution >= 4 is 5.78 Å². The second-order valence-corrected chi connectivity index (χ2v) is 7.45. The molecule has 3 rings (SSSR count). The van der Waals surface area contributed by atoms with Gasteiger partial charge in [0.25, 0.3) is 0 Å². The summed E-state index contributed by atoms with van der Waals surface area (Å²) in [4.78, 5) is 15.4. The van der Waals surface area contributed by atoms with Crippen molar-refractivity contribution in [2.75, 3.05) is 20.1 Å². The number of hydrogen-bond donors (Lipinski definition) is 1. The Kier molecular flexibility index (Phi) is 5.59. The second kappa shape index (κ2) is 7.73. The predicted molar refractivity (Wildman–Crippen MR) is 105 cm³/mol. The summed E-state index contributed by atoms with van der Waals surface area (Å²) in [6.45, 7) is 5.57. The molecule has 3 heteroatoms. The Bertz CT molecular complexity index is 751. The summed E-state index contributed by atoms with van der Waals surface area (Å²) in [6, 6.07) is 15.9. The normalized spacial score (nSPS) is 23.8. The average molecular weight is 351 g/mol. The summed E-state index contributed by atoms with van der Waals surface area (Å²) in [5.41, 5.74) is 2.88. The monoisotopic (exact) mass is 351 g/mol. The molecule has 1 fully saturated rings. The molecule has 0 aromatic heterocycles. The lowest BCUT2D eigenvalue weighted by molar-refractivity contribution is -0.0594. The van der Waals surface area contributed by atoms with E-state index >= 15 is 0 Å². The Morgan fingerprint density at radius 1 is 1.04 bits per heavy atom. The van der Waals surface area contributed by atoms with Gasteiger partial charge >= 0.3 is 0 Å². The molecule has 0 amide bonds. The number of aliphatic hydroxyl groups is 1. The molecule has 3 nitrogen and oxygen atoms in total. The van der Waals surface area contributed by atoms with E-state index in [9.17, 15) is 9.90 Å². The number of hydrogen-bond acceptors (Lipinski definition) is 3. The molecule has 1 saturated heterocycles. The van der Waals surface area contributed by atoms with E-state index in [1.54, 1.807) is 0 Å². The molecule has 1 heterocycles. The first-order chi connectivity index (χ1) is 12.5. The zero-order valence-electron chi connectivity index (χ0n) is 16.0. The van der Waals surface area contributed by atoms with Gasteiger partial charge in [-0.15, -0.1) is 0 Å². The van der Waals surface area contributed by atoms with Crippen LogP contribution in [-0.4, -0.2) is 35.9 Å². The molecule has 0 spiro atoms. The van der Waals surface area contributed by atoms with Crippen LogP contribution in [0.15, 0.2) is 48.5 Å². The van der Waals surface area contributed by atoms with Gasteiger partial charge in [0.15, 0.2) is 5.78 Å². The van der Waals surface area contributed by atoms with Crippen LogP contribution in [0.25, 0.3) is 0 Å². The fourth-order valence-electron chi connectivity index (χ4n) is 3.87. The van der Waals surface area contributed by atoms with Crippen LogP contribution in [0, 0.1) is 5.92 Å². The standard InChI is InChI=1S/C23H29NO2/c1-4-17-6-10-19(11-7-17)22(25)21-16-24(3)15-14-23(21,26)20-12-8-18(5-2)9-13-20/h6-13,21,26H,4-5,14-16H2,1-3H3/t21-,23+/m0/s1. The topological polar surface area (TPSA) is 40.5 Å². The molecule has 0 saturated carbocycles. The Morgan fingerprint density at radius 3 is 2.12 bits per heavy atom. The fourth-order valence-corrected chi connectivity index (χ4v) is 3.87. The Morgan fingerprint density at radius 2 is 1.58 bits per heavy atom. The number of likely N-dealkylation sites (tertiary alicyclic amines) is 1. The third-order valence-corrected chi connectivity index (χ3v) is 5.77. The Labute approximate surface area is 156 Å². The Hall–Kier alpha value is -1.97. The minimum atomic E-state index is -1.11. The van der Waals surface area contributed by atoms with Crippen LogP contribution in [0.1, 0.15) is 47.3 Å². The summed E-state index contributed by atoms with van der Waals surface area (Å²) in [5, 5.41) is 11.6. The lowest BCUT2D eigenvalue weighted by Gasteiger charge is -2.43. The van der Waals surface area contributed by atoms with Crippen molar-refractivity contribution in [1.82, 2.24) is 4.90 Å². The molecule has 2 aromatic carbocycles. The van der Waals surface area contributed by atoms with Crippen LogP contribution in [0.3, 0.4) is 0 Å². The smallest absolute Gasteiger partial charge is 0.170 e. The number of piperidine rings is 1. The van der Waals surface area contributed by atoms with Gasteiger partial charge in [-0.2, -0.15) is 0 Å². The van der Waals surface area contributed by atoms with E-state index in [4.69, 9.17) is 0 Å². The molecular weight excluding hydrogens is 322 g/mol. The molecule has 0 aliphatic carbocycles. The van der Waals surface area contributed by atoms with E-state index in [2.05, 4.69) is 30.9 Å². The predicted octanol–water partition coefficient (Wildman–Crippen LogP) is 3.83. The van der Waals surface area contributed by atoms with Crippen molar-refractivity contribution in [2.24, 2.45) is 5.92 Å². The van der Waals surface area contributed by atoms with Crippen LogP contribution in [0.2, 0.25) is 0 Å². The molecule has 138 valence electrons. The molecule has 1 aliphatic rings. The number of Topliss-reactive ketones (excluding diaryl/α,β-unsaturated/α-hetero) is 1. The lowest BCUT2D eigenvalue weighted by atomic mass is 9.72. The van der Waals surface area contributed by atoms with Crippen molar-refractivity contribution in [3.63, 3.8) is 0 Å². The maximum Gasteiger partial charge on any atom is 0.170 e. The summed E-state index contributed by atoms with van der Waals surface area (Å²) >= 11 is 0. The van der Waals surface area contributed by atoms with Gasteiger partial charge in [0, 0.05) is 18.7 Å². The lowest BCUT2D eigenvalue weighted by Crippen LogP contribution is -2.52. The first-order valence-electron chi connectivity index (χ1n) is 9.61. The number of rotatable bonds is 5. The van der Waals surface area contributed by atoms with Crippen LogP contribution >= 0.6 is 0 Å². The maximum atomic E-state index is 13.3. The highest BCUT2D eigenvalue weighted by Crippen LogP contribution is 2.39. The number of carbonyl (C=O) groups excluding carboxylic acids is 1. The van der Waals surface area contributed by atoms with E-state index in [0.717, 1.165) is 24.9 Å². The molecule has 26 heavy (non-hydrogen) atoms. The van der Waals surface area contributed by atoms with Crippen molar-refractivity contribution < 1.29 is 9.90 Å². The van der Waals surface area contributed by atoms with E-state index in [-0.39, 0.29) is 5.78 Å². The van der Waals surface area contributed by atoms with Gasteiger partial charge in [-0.05, 0) is 43.0 Å². The highest BCUT2D eigenvalue weighted by Gasteiger charge is 2.46. The fraction of sp³-hybridized carbons (Fsp3) is 0.435. The second-order valence-electron chi connectivity index (χ2n) is 7.45. The first-order valence-corrected chi connectivity index (χ1v) is 9.61. The highest BCUT2D eigenvalue weighted by molar-refractivity contribution is 5.99. The molecule has 2 aromatic rings. The van der Waals surface area contributed by atoms with Crippen molar-refractivity contribution in [3.8, 4) is 0 Å². The molecule has 1 aliphatic heterocycles. The number of benzene rings is 2. The minimum absolute atomic E-state index is 0.0290. The maximum absolute atomic E-state index is 13.3. The van der Waals surface area contributed by atoms with Gasteiger partial charge in [0.1, 0.15) is 5.60 Å². The van der Waals surface area contributed by atoms with Gasteiger partial charge in [-0.3, -0.25) is 4.79 Å². The summed E-state index contributed by atoms with van der Waals surface area (Å²) in [7, 11) is 2.01. The molecule has 2 atom stereocenters. The Balaban J connectivity index is 1.94. The van der Waals surface area contributed by atoms with Crippen LogP contribution in [0.5, 0.6) is 0 Å². The van der Waals surface area contributed by atoms with Crippen LogP contribution in [0.4, 0.5) is 0 Å². The number of ketones is 1. The van der Waals surface area contributed by atoms with E-state index in [1.807, 2.05) is 43.4 Å². The van der Waals surface area contributed by atoms with Gasteiger partial charge in [-0.1, -0.05) is 62.4 Å². The van der Waals surface area contributed by atoms with Gasteiger partial charge in [-0.25, -0.2) is 0 Å². The van der Waals surface area contributed by atoms with Crippen LogP contribution in [-0.2, 0) is 18.4 Å². The summed E-state index contributed by atoms with van der Waals surface area (Å²) < 4.78 is 0. The zero-order chi connectivity index (χ0) is 18.7. The quantitative estimate of drug-likeness (QED) is 0.832. The highest BCUT2D eigenvalue weighted by atomic mass is 16.3. The largest absolute Gasteiger partial charge is 0.384 e. The van der Waals surface area contributed by atoms with E-state index < -0.39 is 11.5 Å². The molecule has 1 N–H and O–H groups in total. The number of carbonyl (C=O) groups is 1. The van der Waals surface area contributed by atoms with Gasteiger partial charge in [0.05, 0.1) is 5.92 Å². The summed E-state index contributed by atoms with van der Waals surface area (Å²) in [5.74, 6) is -0.428. The van der Waals surface area contributed by atoms with Crippen LogP contribution < -0.4 is 0 Å².